The SMILES string of the molecule is CCN(CCCNC(=O)c1cc(Cl)ccc1N)S(C)(=O)=O. The number of hydrogen-bond acceptors (Lipinski definition) is 4. The molecule has 0 spiro atoms. The minimum absolute atomic E-state index is 0.318. The summed E-state index contributed by atoms with van der Waals surface area (Å²) in [6.07, 6.45) is 1.69. The predicted octanol–water partition coefficient (Wildman–Crippen LogP) is 1.32. The smallest absolute Gasteiger partial charge is 0.253 e. The Hall–Kier alpha value is -1.31. The zero-order valence-corrected chi connectivity index (χ0v) is 13.7. The number of nitrogens with one attached hydrogen (secondary N) is 1. The quantitative estimate of drug-likeness (QED) is 0.581. The summed E-state index contributed by atoms with van der Waals surface area (Å²) in [6, 6.07) is 4.68. The van der Waals surface area contributed by atoms with E-state index in [9.17, 15) is 13.2 Å². The molecule has 0 atom stereocenters. The number of sulfonamides is 1. The van der Waals surface area contributed by atoms with Crippen molar-refractivity contribution in [3.8, 4) is 0 Å². The largest absolute Gasteiger partial charge is 0.398 e. The maximum atomic E-state index is 11.9. The van der Waals surface area contributed by atoms with Crippen LogP contribution in [-0.2, 0) is 10.0 Å². The molecule has 0 saturated heterocycles. The van der Waals surface area contributed by atoms with Crippen molar-refractivity contribution in [2.24, 2.45) is 0 Å². The van der Waals surface area contributed by atoms with Gasteiger partial charge in [0.15, 0.2) is 0 Å². The Morgan fingerprint density at radius 3 is 2.67 bits per heavy atom. The van der Waals surface area contributed by atoms with Gasteiger partial charge >= 0.3 is 0 Å². The fourth-order valence-electron chi connectivity index (χ4n) is 1.84. The second kappa shape index (κ2) is 7.63. The second-order valence-corrected chi connectivity index (χ2v) is 7.01. The third-order valence-corrected chi connectivity index (χ3v) is 4.57. The Kier molecular flexibility index (Phi) is 6.44. The number of hydrogen-bond donors (Lipinski definition) is 2. The molecule has 0 bridgehead atoms. The topological polar surface area (TPSA) is 92.5 Å². The van der Waals surface area contributed by atoms with Gasteiger partial charge in [-0.05, 0) is 24.6 Å². The Morgan fingerprint density at radius 1 is 1.43 bits per heavy atom. The van der Waals surface area contributed by atoms with Gasteiger partial charge < -0.3 is 11.1 Å². The first-order valence-corrected chi connectivity index (χ1v) is 8.76. The van der Waals surface area contributed by atoms with E-state index in [-0.39, 0.29) is 5.91 Å². The molecule has 21 heavy (non-hydrogen) atoms. The van der Waals surface area contributed by atoms with E-state index in [0.29, 0.717) is 42.3 Å². The van der Waals surface area contributed by atoms with E-state index in [1.54, 1.807) is 19.1 Å². The highest BCUT2D eigenvalue weighted by atomic mass is 35.5. The number of rotatable bonds is 7. The molecule has 0 aliphatic carbocycles. The van der Waals surface area contributed by atoms with E-state index in [2.05, 4.69) is 5.32 Å². The molecule has 1 aromatic rings. The summed E-state index contributed by atoms with van der Waals surface area (Å²) in [4.78, 5) is 11.9. The molecular formula is C13H20ClN3O3S. The van der Waals surface area contributed by atoms with Gasteiger partial charge in [-0.25, -0.2) is 12.7 Å². The highest BCUT2D eigenvalue weighted by Gasteiger charge is 2.14. The van der Waals surface area contributed by atoms with Gasteiger partial charge in [-0.2, -0.15) is 0 Å². The van der Waals surface area contributed by atoms with Crippen LogP contribution in [0.5, 0.6) is 0 Å². The van der Waals surface area contributed by atoms with Crippen LogP contribution in [0.15, 0.2) is 18.2 Å². The van der Waals surface area contributed by atoms with Crippen LogP contribution in [0.3, 0.4) is 0 Å². The number of amides is 1. The molecule has 0 aromatic heterocycles. The number of carbonyl (C=O) groups excluding carboxylic acids is 1. The summed E-state index contributed by atoms with van der Waals surface area (Å²) >= 11 is 5.82. The number of anilines is 1. The molecule has 0 saturated carbocycles. The zero-order valence-electron chi connectivity index (χ0n) is 12.1. The number of nitrogens with zero attached hydrogens (tertiary/aromatic N) is 1. The van der Waals surface area contributed by atoms with Crippen molar-refractivity contribution < 1.29 is 13.2 Å². The first-order valence-electron chi connectivity index (χ1n) is 6.54. The van der Waals surface area contributed by atoms with E-state index in [1.807, 2.05) is 0 Å². The fraction of sp³-hybridized carbons (Fsp3) is 0.462. The van der Waals surface area contributed by atoms with E-state index in [4.69, 9.17) is 17.3 Å². The molecule has 1 rings (SSSR count). The molecule has 0 aliphatic rings. The number of halogens is 1. The van der Waals surface area contributed by atoms with Gasteiger partial charge in [0, 0.05) is 30.3 Å². The second-order valence-electron chi connectivity index (χ2n) is 4.60. The van der Waals surface area contributed by atoms with Gasteiger partial charge in [0.2, 0.25) is 10.0 Å². The Morgan fingerprint density at radius 2 is 2.10 bits per heavy atom. The van der Waals surface area contributed by atoms with Crippen LogP contribution in [0.4, 0.5) is 5.69 Å². The maximum absolute atomic E-state index is 11.9. The van der Waals surface area contributed by atoms with Crippen LogP contribution in [0.2, 0.25) is 5.02 Å². The zero-order chi connectivity index (χ0) is 16.0. The Labute approximate surface area is 130 Å². The molecule has 1 amide bonds. The van der Waals surface area contributed by atoms with Crippen LogP contribution < -0.4 is 11.1 Å². The average Bonchev–Trinajstić information content (AvgIpc) is 2.39. The van der Waals surface area contributed by atoms with Crippen LogP contribution in [0.25, 0.3) is 0 Å². The van der Waals surface area contributed by atoms with Gasteiger partial charge in [0.1, 0.15) is 0 Å². The van der Waals surface area contributed by atoms with Crippen LogP contribution in [0, 0.1) is 0 Å². The fourth-order valence-corrected chi connectivity index (χ4v) is 2.94. The van der Waals surface area contributed by atoms with Crippen LogP contribution >= 0.6 is 11.6 Å². The third kappa shape index (κ3) is 5.53. The van der Waals surface area contributed by atoms with Gasteiger partial charge in [-0.3, -0.25) is 4.79 Å². The summed E-state index contributed by atoms with van der Waals surface area (Å²) in [7, 11) is -3.20. The summed E-state index contributed by atoms with van der Waals surface area (Å²) in [5.41, 5.74) is 6.38. The molecule has 8 heteroatoms. The number of benzene rings is 1. The first kappa shape index (κ1) is 17.7. The first-order chi connectivity index (χ1) is 9.75. The molecule has 0 unspecified atom stereocenters. The summed E-state index contributed by atoms with van der Waals surface area (Å²) < 4.78 is 24.2. The molecule has 3 N–H and O–H groups in total. The normalized spacial score (nSPS) is 11.6. The van der Waals surface area contributed by atoms with Gasteiger partial charge in [-0.1, -0.05) is 18.5 Å². The highest BCUT2D eigenvalue weighted by Crippen LogP contribution is 2.17. The average molecular weight is 334 g/mol. The van der Waals surface area contributed by atoms with Gasteiger partial charge in [-0.15, -0.1) is 0 Å². The molecule has 118 valence electrons. The predicted molar refractivity (Wildman–Crippen MR) is 84.9 cm³/mol. The minimum Gasteiger partial charge on any atom is -0.398 e. The molecule has 1 aromatic carbocycles. The van der Waals surface area contributed by atoms with Crippen molar-refractivity contribution in [2.45, 2.75) is 13.3 Å². The third-order valence-electron chi connectivity index (χ3n) is 2.95. The lowest BCUT2D eigenvalue weighted by molar-refractivity contribution is 0.0953. The van der Waals surface area contributed by atoms with Crippen molar-refractivity contribution in [3.05, 3.63) is 28.8 Å². The highest BCUT2D eigenvalue weighted by molar-refractivity contribution is 7.88. The minimum atomic E-state index is -3.20. The summed E-state index contributed by atoms with van der Waals surface area (Å²) in [5, 5.41) is 3.13. The van der Waals surface area contributed by atoms with Crippen molar-refractivity contribution in [1.29, 1.82) is 0 Å². The molecule has 6 nitrogen and oxygen atoms in total. The maximum Gasteiger partial charge on any atom is 0.253 e. The van der Waals surface area contributed by atoms with Crippen LogP contribution in [0.1, 0.15) is 23.7 Å². The monoisotopic (exact) mass is 333 g/mol. The molecule has 0 heterocycles. The lowest BCUT2D eigenvalue weighted by atomic mass is 10.1. The van der Waals surface area contributed by atoms with Crippen molar-refractivity contribution >= 4 is 33.2 Å². The molecular weight excluding hydrogens is 314 g/mol. The lowest BCUT2D eigenvalue weighted by Gasteiger charge is -2.17. The van der Waals surface area contributed by atoms with E-state index in [0.717, 1.165) is 0 Å². The van der Waals surface area contributed by atoms with Gasteiger partial charge in [0.25, 0.3) is 5.91 Å². The Bertz CT molecular complexity index is 605. The molecule has 0 fully saturated rings. The molecule has 0 aliphatic heterocycles. The van der Waals surface area contributed by atoms with Crippen molar-refractivity contribution in [1.82, 2.24) is 9.62 Å². The number of carbonyl (C=O) groups is 1. The number of nitrogen functional groups attached to an aromatic ring is 1. The van der Waals surface area contributed by atoms with E-state index in [1.165, 1.54) is 16.6 Å². The summed E-state index contributed by atoms with van der Waals surface area (Å²) in [5.74, 6) is -0.322. The van der Waals surface area contributed by atoms with Crippen molar-refractivity contribution in [2.75, 3.05) is 31.6 Å². The van der Waals surface area contributed by atoms with Gasteiger partial charge in [0.05, 0.1) is 11.8 Å². The number of nitrogens with two attached hydrogens (primary N) is 1. The summed E-state index contributed by atoms with van der Waals surface area (Å²) in [6.45, 7) is 2.90. The van der Waals surface area contributed by atoms with E-state index < -0.39 is 10.0 Å². The van der Waals surface area contributed by atoms with Crippen molar-refractivity contribution in [3.63, 3.8) is 0 Å². The standard InChI is InChI=1S/C13H20ClN3O3S/c1-3-17(21(2,19)20)8-4-7-16-13(18)11-9-10(14)5-6-12(11)15/h5-6,9H,3-4,7-8,15H2,1-2H3,(H,16,18). The van der Waals surface area contributed by atoms with Crippen LogP contribution in [-0.4, -0.2) is 44.5 Å². The lowest BCUT2D eigenvalue weighted by Crippen LogP contribution is -2.33. The van der Waals surface area contributed by atoms with E-state index >= 15 is 0 Å². The molecule has 0 radical (unpaired) electrons. The Balaban J connectivity index is 2.49.